The molecule has 27 heavy (non-hydrogen) atoms. The van der Waals surface area contributed by atoms with Crippen molar-refractivity contribution < 1.29 is 9.53 Å². The molecule has 0 saturated carbocycles. The summed E-state index contributed by atoms with van der Waals surface area (Å²) in [5, 5.41) is 5.76. The summed E-state index contributed by atoms with van der Waals surface area (Å²) in [5.74, 6) is 0.869. The summed E-state index contributed by atoms with van der Waals surface area (Å²) in [6.07, 6.45) is 2.69. The molecule has 0 atom stereocenters. The molecular formula is C23H32N2O2. The van der Waals surface area contributed by atoms with Gasteiger partial charge >= 0.3 is 6.03 Å². The van der Waals surface area contributed by atoms with Crippen LogP contribution in [-0.2, 0) is 11.8 Å². The van der Waals surface area contributed by atoms with E-state index in [1.165, 1.54) is 11.1 Å². The van der Waals surface area contributed by atoms with E-state index in [9.17, 15) is 4.79 Å². The molecule has 0 aliphatic carbocycles. The second-order valence-corrected chi connectivity index (χ2v) is 7.75. The van der Waals surface area contributed by atoms with Gasteiger partial charge in [0.25, 0.3) is 0 Å². The van der Waals surface area contributed by atoms with Gasteiger partial charge in [0.1, 0.15) is 5.75 Å². The third-order valence-corrected chi connectivity index (χ3v) is 4.37. The minimum atomic E-state index is -0.113. The van der Waals surface area contributed by atoms with Gasteiger partial charge in [-0.15, -0.1) is 0 Å². The Morgan fingerprint density at radius 3 is 2.15 bits per heavy atom. The summed E-state index contributed by atoms with van der Waals surface area (Å²) in [6, 6.07) is 18.4. The predicted molar refractivity (Wildman–Crippen MR) is 111 cm³/mol. The normalized spacial score (nSPS) is 11.1. The molecule has 0 bridgehead atoms. The highest BCUT2D eigenvalue weighted by Gasteiger charge is 2.12. The summed E-state index contributed by atoms with van der Waals surface area (Å²) in [7, 11) is 0. The van der Waals surface area contributed by atoms with Crippen molar-refractivity contribution in [2.24, 2.45) is 0 Å². The molecule has 0 aromatic heterocycles. The van der Waals surface area contributed by atoms with Crippen molar-refractivity contribution in [3.63, 3.8) is 0 Å². The molecule has 0 fully saturated rings. The molecule has 0 spiro atoms. The predicted octanol–water partition coefficient (Wildman–Crippen LogP) is 4.69. The highest BCUT2D eigenvalue weighted by atomic mass is 16.5. The fourth-order valence-electron chi connectivity index (χ4n) is 2.72. The Morgan fingerprint density at radius 2 is 1.52 bits per heavy atom. The lowest BCUT2D eigenvalue weighted by molar-refractivity contribution is 0.239. The van der Waals surface area contributed by atoms with Crippen LogP contribution in [0, 0.1) is 0 Å². The molecule has 2 amide bonds. The van der Waals surface area contributed by atoms with Crippen molar-refractivity contribution in [2.45, 2.75) is 45.4 Å². The van der Waals surface area contributed by atoms with Gasteiger partial charge in [-0.25, -0.2) is 4.79 Å². The highest BCUT2D eigenvalue weighted by Crippen LogP contribution is 2.24. The third-order valence-electron chi connectivity index (χ3n) is 4.37. The fourth-order valence-corrected chi connectivity index (χ4v) is 2.72. The summed E-state index contributed by atoms with van der Waals surface area (Å²) in [4.78, 5) is 11.8. The van der Waals surface area contributed by atoms with Crippen molar-refractivity contribution in [1.82, 2.24) is 10.6 Å². The Labute approximate surface area is 163 Å². The van der Waals surface area contributed by atoms with Gasteiger partial charge in [0.15, 0.2) is 0 Å². The average molecular weight is 369 g/mol. The van der Waals surface area contributed by atoms with Crippen molar-refractivity contribution in [2.75, 3.05) is 19.7 Å². The van der Waals surface area contributed by atoms with E-state index in [2.05, 4.69) is 55.7 Å². The maximum absolute atomic E-state index is 11.8. The van der Waals surface area contributed by atoms with Gasteiger partial charge in [-0.3, -0.25) is 0 Å². The Morgan fingerprint density at radius 1 is 0.889 bits per heavy atom. The Balaban J connectivity index is 1.51. The Bertz CT molecular complexity index is 676. The lowest BCUT2D eigenvalue weighted by Crippen LogP contribution is -2.37. The van der Waals surface area contributed by atoms with Gasteiger partial charge in [0, 0.05) is 13.1 Å². The number of hydrogen-bond acceptors (Lipinski definition) is 2. The SMILES string of the molecule is CC(C)(C)c1ccc(OCCCNC(=O)NCCCc2ccccc2)cc1. The largest absolute Gasteiger partial charge is 0.494 e. The fraction of sp³-hybridized carbons (Fsp3) is 0.435. The molecule has 2 rings (SSSR count). The van der Waals surface area contributed by atoms with Crippen LogP contribution in [0.1, 0.15) is 44.7 Å². The molecule has 2 N–H and O–H groups in total. The zero-order valence-electron chi connectivity index (χ0n) is 16.8. The Kier molecular flexibility index (Phi) is 8.18. The van der Waals surface area contributed by atoms with Crippen LogP contribution >= 0.6 is 0 Å². The van der Waals surface area contributed by atoms with Gasteiger partial charge in [-0.2, -0.15) is 0 Å². The average Bonchev–Trinajstić information content (AvgIpc) is 2.65. The third kappa shape index (κ3) is 8.16. The number of hydrogen-bond donors (Lipinski definition) is 2. The zero-order valence-corrected chi connectivity index (χ0v) is 16.8. The molecule has 2 aromatic carbocycles. The molecule has 4 heteroatoms. The molecule has 0 radical (unpaired) electrons. The molecule has 146 valence electrons. The molecule has 0 aliphatic rings. The second-order valence-electron chi connectivity index (χ2n) is 7.75. The van der Waals surface area contributed by atoms with E-state index in [1.807, 2.05) is 30.3 Å². The lowest BCUT2D eigenvalue weighted by atomic mass is 9.87. The van der Waals surface area contributed by atoms with Gasteiger partial charge in [0.05, 0.1) is 6.61 Å². The van der Waals surface area contributed by atoms with Crippen molar-refractivity contribution in [3.05, 3.63) is 65.7 Å². The van der Waals surface area contributed by atoms with Crippen molar-refractivity contribution >= 4 is 6.03 Å². The van der Waals surface area contributed by atoms with E-state index in [4.69, 9.17) is 4.74 Å². The van der Waals surface area contributed by atoms with E-state index in [1.54, 1.807) is 0 Å². The summed E-state index contributed by atoms with van der Waals surface area (Å²) in [6.45, 7) is 8.45. The first-order chi connectivity index (χ1) is 12.9. The van der Waals surface area contributed by atoms with E-state index >= 15 is 0 Å². The van der Waals surface area contributed by atoms with Crippen LogP contribution < -0.4 is 15.4 Å². The monoisotopic (exact) mass is 368 g/mol. The first kappa shape index (κ1) is 20.8. The number of rotatable bonds is 9. The molecule has 0 unspecified atom stereocenters. The number of urea groups is 1. The second kappa shape index (κ2) is 10.6. The molecule has 0 heterocycles. The standard InChI is InChI=1S/C23H32N2O2/c1-23(2,3)20-12-14-21(15-13-20)27-18-8-17-25-22(26)24-16-7-11-19-9-5-4-6-10-19/h4-6,9-10,12-15H,7-8,11,16-18H2,1-3H3,(H2,24,25,26). The van der Waals surface area contributed by atoms with Crippen LogP contribution in [0.5, 0.6) is 5.75 Å². The van der Waals surface area contributed by atoms with Crippen molar-refractivity contribution in [1.29, 1.82) is 0 Å². The molecular weight excluding hydrogens is 336 g/mol. The topological polar surface area (TPSA) is 50.4 Å². The van der Waals surface area contributed by atoms with Crippen LogP contribution in [0.3, 0.4) is 0 Å². The number of carbonyl (C=O) groups is 1. The lowest BCUT2D eigenvalue weighted by Gasteiger charge is -2.19. The molecule has 4 nitrogen and oxygen atoms in total. The van der Waals surface area contributed by atoms with E-state index in [0.29, 0.717) is 19.7 Å². The van der Waals surface area contributed by atoms with Gasteiger partial charge < -0.3 is 15.4 Å². The van der Waals surface area contributed by atoms with Crippen LogP contribution in [0.2, 0.25) is 0 Å². The number of aryl methyl sites for hydroxylation is 1. The van der Waals surface area contributed by atoms with Gasteiger partial charge in [-0.1, -0.05) is 63.2 Å². The number of benzene rings is 2. The number of ether oxygens (including phenoxy) is 1. The van der Waals surface area contributed by atoms with E-state index < -0.39 is 0 Å². The smallest absolute Gasteiger partial charge is 0.314 e. The first-order valence-corrected chi connectivity index (χ1v) is 9.74. The highest BCUT2D eigenvalue weighted by molar-refractivity contribution is 5.73. The maximum atomic E-state index is 11.8. The quantitative estimate of drug-likeness (QED) is 0.631. The minimum Gasteiger partial charge on any atom is -0.494 e. The summed E-state index contributed by atoms with van der Waals surface area (Å²) >= 11 is 0. The molecule has 2 aromatic rings. The minimum absolute atomic E-state index is 0.113. The number of amides is 2. The number of nitrogens with one attached hydrogen (secondary N) is 2. The molecule has 0 aliphatic heterocycles. The first-order valence-electron chi connectivity index (χ1n) is 9.74. The maximum Gasteiger partial charge on any atom is 0.314 e. The van der Waals surface area contributed by atoms with Crippen LogP contribution in [-0.4, -0.2) is 25.7 Å². The van der Waals surface area contributed by atoms with Gasteiger partial charge in [0.2, 0.25) is 0 Å². The zero-order chi connectivity index (χ0) is 19.5. The number of carbonyl (C=O) groups excluding carboxylic acids is 1. The van der Waals surface area contributed by atoms with Crippen LogP contribution in [0.25, 0.3) is 0 Å². The van der Waals surface area contributed by atoms with Crippen molar-refractivity contribution in [3.8, 4) is 5.75 Å². The van der Waals surface area contributed by atoms with E-state index in [-0.39, 0.29) is 11.4 Å². The summed E-state index contributed by atoms with van der Waals surface area (Å²) in [5.41, 5.74) is 2.74. The van der Waals surface area contributed by atoms with Crippen LogP contribution in [0.4, 0.5) is 4.79 Å². The molecule has 0 saturated heterocycles. The van der Waals surface area contributed by atoms with Gasteiger partial charge in [-0.05, 0) is 47.9 Å². The summed E-state index contributed by atoms with van der Waals surface area (Å²) < 4.78 is 5.73. The van der Waals surface area contributed by atoms with E-state index in [0.717, 1.165) is 25.0 Å². The van der Waals surface area contributed by atoms with Crippen LogP contribution in [0.15, 0.2) is 54.6 Å². The Hall–Kier alpha value is -2.49.